The summed E-state index contributed by atoms with van der Waals surface area (Å²) in [6, 6.07) is 24.1. The molecule has 0 bridgehead atoms. The molecule has 5 aromatic rings. The zero-order chi connectivity index (χ0) is 22.2. The van der Waals surface area contributed by atoms with E-state index in [1.54, 1.807) is 4.52 Å². The highest BCUT2D eigenvalue weighted by atomic mass is 35.5. The average molecular weight is 457 g/mol. The summed E-state index contributed by atoms with van der Waals surface area (Å²) in [4.78, 5) is 2.33. The van der Waals surface area contributed by atoms with Gasteiger partial charge in [0.15, 0.2) is 17.3 Å². The second-order valence-electron chi connectivity index (χ2n) is 7.90. The third-order valence-corrected chi connectivity index (χ3v) is 6.21. The molecule has 0 amide bonds. The molecule has 3 aromatic carbocycles. The first-order valence-electron chi connectivity index (χ1n) is 10.9. The zero-order valence-electron chi connectivity index (χ0n) is 17.8. The number of benzene rings is 3. The van der Waals surface area contributed by atoms with Crippen LogP contribution in [0.3, 0.4) is 0 Å². The van der Waals surface area contributed by atoms with Crippen molar-refractivity contribution in [2.45, 2.75) is 0 Å². The highest BCUT2D eigenvalue weighted by molar-refractivity contribution is 6.33. The number of hydrogen-bond donors (Lipinski definition) is 1. The van der Waals surface area contributed by atoms with Gasteiger partial charge in [-0.15, -0.1) is 15.3 Å². The lowest BCUT2D eigenvalue weighted by molar-refractivity contribution is 0.122. The van der Waals surface area contributed by atoms with Crippen molar-refractivity contribution in [3.63, 3.8) is 0 Å². The predicted octanol–water partition coefficient (Wildman–Crippen LogP) is 5.18. The largest absolute Gasteiger partial charge is 0.378 e. The Hall–Kier alpha value is -3.68. The minimum Gasteiger partial charge on any atom is -0.378 e. The monoisotopic (exact) mass is 456 g/mol. The Morgan fingerprint density at radius 1 is 0.818 bits per heavy atom. The molecular weight excluding hydrogens is 436 g/mol. The molecule has 1 N–H and O–H groups in total. The van der Waals surface area contributed by atoms with Gasteiger partial charge in [0.1, 0.15) is 0 Å². The molecule has 1 aliphatic heterocycles. The van der Waals surface area contributed by atoms with Crippen molar-refractivity contribution in [2.75, 3.05) is 36.5 Å². The number of nitrogens with one attached hydrogen (secondary N) is 1. The van der Waals surface area contributed by atoms with Crippen molar-refractivity contribution in [1.29, 1.82) is 0 Å². The highest BCUT2D eigenvalue weighted by Gasteiger charge is 2.17. The second kappa shape index (κ2) is 8.35. The molecule has 0 saturated carbocycles. The van der Waals surface area contributed by atoms with Crippen molar-refractivity contribution in [1.82, 2.24) is 19.8 Å². The van der Waals surface area contributed by atoms with E-state index in [4.69, 9.17) is 21.4 Å². The molecule has 0 radical (unpaired) electrons. The number of morpholine rings is 1. The fourth-order valence-electron chi connectivity index (χ4n) is 4.20. The summed E-state index contributed by atoms with van der Waals surface area (Å²) in [5.41, 5.74) is 3.62. The van der Waals surface area contributed by atoms with E-state index in [-0.39, 0.29) is 0 Å². The molecule has 6 rings (SSSR count). The molecule has 1 saturated heterocycles. The van der Waals surface area contributed by atoms with Crippen LogP contribution in [-0.2, 0) is 4.74 Å². The van der Waals surface area contributed by atoms with Gasteiger partial charge in [0.2, 0.25) is 0 Å². The van der Waals surface area contributed by atoms with Crippen molar-refractivity contribution in [3.8, 4) is 11.4 Å². The van der Waals surface area contributed by atoms with Gasteiger partial charge in [0, 0.05) is 40.8 Å². The van der Waals surface area contributed by atoms with Crippen LogP contribution in [0, 0.1) is 0 Å². The lowest BCUT2D eigenvalue weighted by atomic mass is 10.1. The quantitative estimate of drug-likeness (QED) is 0.402. The zero-order valence-corrected chi connectivity index (χ0v) is 18.5. The van der Waals surface area contributed by atoms with Crippen LogP contribution in [0.4, 0.5) is 17.2 Å². The van der Waals surface area contributed by atoms with Crippen LogP contribution in [-0.4, -0.2) is 46.1 Å². The highest BCUT2D eigenvalue weighted by Crippen LogP contribution is 2.32. The summed E-state index contributed by atoms with van der Waals surface area (Å²) in [6.07, 6.45) is 0. The molecule has 2 aromatic heterocycles. The van der Waals surface area contributed by atoms with Gasteiger partial charge in [-0.1, -0.05) is 48.0 Å². The number of hydrogen-bond acceptors (Lipinski definition) is 6. The normalized spacial score (nSPS) is 14.2. The van der Waals surface area contributed by atoms with Gasteiger partial charge in [-0.05, 0) is 36.4 Å². The van der Waals surface area contributed by atoms with E-state index < -0.39 is 0 Å². The van der Waals surface area contributed by atoms with Crippen LogP contribution in [0.15, 0.2) is 72.8 Å². The average Bonchev–Trinajstić information content (AvgIpc) is 3.29. The number of halogens is 1. The Labute approximate surface area is 195 Å². The van der Waals surface area contributed by atoms with Crippen molar-refractivity contribution >= 4 is 45.2 Å². The molecule has 3 heterocycles. The van der Waals surface area contributed by atoms with E-state index in [1.165, 1.54) is 5.69 Å². The van der Waals surface area contributed by atoms with Gasteiger partial charge >= 0.3 is 0 Å². The Morgan fingerprint density at radius 2 is 1.55 bits per heavy atom. The Bertz CT molecular complexity index is 1440. The van der Waals surface area contributed by atoms with E-state index in [2.05, 4.69) is 44.7 Å². The minimum atomic E-state index is 0.604. The SMILES string of the molecule is Clc1ccccc1-c1nnc2c3ccccc3c(Nc3ccc(N4CCOCC4)cc3)nn12. The second-order valence-corrected chi connectivity index (χ2v) is 8.31. The molecule has 0 spiro atoms. The van der Waals surface area contributed by atoms with Crippen molar-refractivity contribution in [3.05, 3.63) is 77.8 Å². The standard InChI is InChI=1S/C25H21ClN6O/c26-22-8-4-3-7-21(22)25-29-28-24-20-6-2-1-5-19(20)23(30-32(24)25)27-17-9-11-18(12-10-17)31-13-15-33-16-14-31/h1-12H,13-16H2,(H,27,30). The fraction of sp³-hybridized carbons (Fsp3) is 0.160. The van der Waals surface area contributed by atoms with Crippen molar-refractivity contribution in [2.24, 2.45) is 0 Å². The first-order valence-corrected chi connectivity index (χ1v) is 11.2. The van der Waals surface area contributed by atoms with Crippen LogP contribution < -0.4 is 10.2 Å². The van der Waals surface area contributed by atoms with Crippen molar-refractivity contribution < 1.29 is 4.74 Å². The summed E-state index contributed by atoms with van der Waals surface area (Å²) in [6.45, 7) is 3.35. The summed E-state index contributed by atoms with van der Waals surface area (Å²) >= 11 is 6.45. The van der Waals surface area contributed by atoms with Gasteiger partial charge in [0.05, 0.1) is 18.2 Å². The summed E-state index contributed by atoms with van der Waals surface area (Å²) in [7, 11) is 0. The summed E-state index contributed by atoms with van der Waals surface area (Å²) < 4.78 is 7.22. The van der Waals surface area contributed by atoms with Gasteiger partial charge in [-0.3, -0.25) is 0 Å². The number of rotatable bonds is 4. The van der Waals surface area contributed by atoms with Crippen LogP contribution in [0.2, 0.25) is 5.02 Å². The Kier molecular flexibility index (Phi) is 5.05. The maximum Gasteiger partial charge on any atom is 0.186 e. The maximum atomic E-state index is 6.45. The van der Waals surface area contributed by atoms with Crippen LogP contribution >= 0.6 is 11.6 Å². The summed E-state index contributed by atoms with van der Waals surface area (Å²) in [5, 5.41) is 19.7. The number of fused-ring (bicyclic) bond motifs is 3. The molecular formula is C25H21ClN6O. The van der Waals surface area contributed by atoms with E-state index >= 15 is 0 Å². The lowest BCUT2D eigenvalue weighted by Gasteiger charge is -2.28. The topological polar surface area (TPSA) is 67.6 Å². The number of aromatic nitrogens is 4. The van der Waals surface area contributed by atoms with Crippen LogP contribution in [0.5, 0.6) is 0 Å². The van der Waals surface area contributed by atoms with Gasteiger partial charge in [0.25, 0.3) is 0 Å². The predicted molar refractivity (Wildman–Crippen MR) is 131 cm³/mol. The molecule has 0 aliphatic carbocycles. The van der Waals surface area contributed by atoms with Gasteiger partial charge < -0.3 is 15.0 Å². The molecule has 33 heavy (non-hydrogen) atoms. The van der Waals surface area contributed by atoms with E-state index in [9.17, 15) is 0 Å². The third kappa shape index (κ3) is 3.65. The molecule has 1 aliphatic rings. The van der Waals surface area contributed by atoms with Crippen LogP contribution in [0.25, 0.3) is 27.8 Å². The third-order valence-electron chi connectivity index (χ3n) is 5.88. The smallest absolute Gasteiger partial charge is 0.186 e. The summed E-state index contributed by atoms with van der Waals surface area (Å²) in [5.74, 6) is 1.33. The molecule has 164 valence electrons. The van der Waals surface area contributed by atoms with E-state index in [0.717, 1.165) is 54.1 Å². The molecule has 0 atom stereocenters. The molecule has 1 fully saturated rings. The van der Waals surface area contributed by atoms with E-state index in [1.807, 2.05) is 48.5 Å². The lowest BCUT2D eigenvalue weighted by Crippen LogP contribution is -2.36. The fourth-order valence-corrected chi connectivity index (χ4v) is 4.42. The van der Waals surface area contributed by atoms with E-state index in [0.29, 0.717) is 16.5 Å². The first-order chi connectivity index (χ1) is 16.3. The number of nitrogens with zero attached hydrogens (tertiary/aromatic N) is 5. The molecule has 7 nitrogen and oxygen atoms in total. The molecule has 8 heteroatoms. The Morgan fingerprint density at radius 3 is 2.33 bits per heavy atom. The van der Waals surface area contributed by atoms with Gasteiger partial charge in [-0.25, -0.2) is 0 Å². The van der Waals surface area contributed by atoms with Gasteiger partial charge in [-0.2, -0.15) is 4.52 Å². The van der Waals surface area contributed by atoms with Crippen LogP contribution in [0.1, 0.15) is 0 Å². The maximum absolute atomic E-state index is 6.45. The molecule has 0 unspecified atom stereocenters. The number of ether oxygens (including phenoxy) is 1. The number of anilines is 3. The Balaban J connectivity index is 1.42. The minimum absolute atomic E-state index is 0.604. The first kappa shape index (κ1) is 20.0.